The molecule has 0 radical (unpaired) electrons. The lowest BCUT2D eigenvalue weighted by atomic mass is 9.78. The molecule has 0 bridgehead atoms. The summed E-state index contributed by atoms with van der Waals surface area (Å²) in [6.07, 6.45) is 3.25. The van der Waals surface area contributed by atoms with Gasteiger partial charge in [-0.15, -0.1) is 0 Å². The molecule has 4 atom stereocenters. The summed E-state index contributed by atoms with van der Waals surface area (Å²) in [5.74, 6) is -1.67. The number of ether oxygens (including phenoxy) is 1. The highest BCUT2D eigenvalue weighted by molar-refractivity contribution is 5.85. The fourth-order valence-electron chi connectivity index (χ4n) is 3.31. The Balaban J connectivity index is 2.06. The van der Waals surface area contributed by atoms with Crippen LogP contribution in [0.2, 0.25) is 0 Å². The Hall–Kier alpha value is -1.10. The lowest BCUT2D eigenvalue weighted by Crippen LogP contribution is -2.52. The van der Waals surface area contributed by atoms with Crippen LogP contribution in [0.15, 0.2) is 0 Å². The Labute approximate surface area is 113 Å². The van der Waals surface area contributed by atoms with Crippen molar-refractivity contribution in [1.29, 1.82) is 0 Å². The molecule has 1 amide bonds. The van der Waals surface area contributed by atoms with E-state index in [1.54, 1.807) is 4.90 Å². The molecule has 2 aliphatic rings. The van der Waals surface area contributed by atoms with Gasteiger partial charge >= 0.3 is 5.97 Å². The average Bonchev–Trinajstić information content (AvgIpc) is 2.36. The molecule has 0 aromatic carbocycles. The van der Waals surface area contributed by atoms with Crippen molar-refractivity contribution in [3.8, 4) is 0 Å². The van der Waals surface area contributed by atoms with Crippen molar-refractivity contribution >= 4 is 11.9 Å². The summed E-state index contributed by atoms with van der Waals surface area (Å²) in [5, 5.41) is 9.26. The summed E-state index contributed by atoms with van der Waals surface area (Å²) < 4.78 is 5.62. The second kappa shape index (κ2) is 5.90. The summed E-state index contributed by atoms with van der Waals surface area (Å²) in [7, 11) is 0. The van der Waals surface area contributed by atoms with E-state index in [2.05, 4.69) is 0 Å². The second-order valence-corrected chi connectivity index (χ2v) is 5.84. The van der Waals surface area contributed by atoms with Gasteiger partial charge < -0.3 is 14.7 Å². The van der Waals surface area contributed by atoms with Gasteiger partial charge in [-0.1, -0.05) is 12.8 Å². The van der Waals surface area contributed by atoms with Crippen LogP contribution in [0, 0.1) is 11.8 Å². The number of carboxylic acid groups (broad SMARTS) is 1. The van der Waals surface area contributed by atoms with E-state index in [0.717, 1.165) is 12.8 Å². The van der Waals surface area contributed by atoms with Crippen molar-refractivity contribution in [2.24, 2.45) is 11.8 Å². The van der Waals surface area contributed by atoms with Gasteiger partial charge in [0.1, 0.15) is 0 Å². The van der Waals surface area contributed by atoms with Crippen molar-refractivity contribution in [2.75, 3.05) is 13.1 Å². The van der Waals surface area contributed by atoms with Crippen LogP contribution >= 0.6 is 0 Å². The summed E-state index contributed by atoms with van der Waals surface area (Å²) in [6.45, 7) is 5.05. The molecule has 4 unspecified atom stereocenters. The average molecular weight is 269 g/mol. The number of hydrogen-bond donors (Lipinski definition) is 1. The lowest BCUT2D eigenvalue weighted by molar-refractivity contribution is -0.157. The van der Waals surface area contributed by atoms with Gasteiger partial charge in [0, 0.05) is 13.1 Å². The first-order valence-corrected chi connectivity index (χ1v) is 7.16. The first kappa shape index (κ1) is 14.3. The molecule has 1 aliphatic heterocycles. The smallest absolute Gasteiger partial charge is 0.307 e. The standard InChI is InChI=1S/C14H23NO4/c1-9-7-15(8-10(2)19-9)13(16)11-5-3-4-6-12(11)14(17)18/h9-12H,3-8H2,1-2H3,(H,17,18). The number of morpholine rings is 1. The molecule has 2 rings (SSSR count). The van der Waals surface area contributed by atoms with E-state index < -0.39 is 11.9 Å². The minimum absolute atomic E-state index is 0.00843. The number of aliphatic carboxylic acids is 1. The predicted octanol–water partition coefficient (Wildman–Crippen LogP) is 1.51. The first-order valence-electron chi connectivity index (χ1n) is 7.16. The topological polar surface area (TPSA) is 66.8 Å². The van der Waals surface area contributed by atoms with Gasteiger partial charge in [0.05, 0.1) is 24.0 Å². The fraction of sp³-hybridized carbons (Fsp3) is 0.857. The van der Waals surface area contributed by atoms with Gasteiger partial charge in [0.25, 0.3) is 0 Å². The van der Waals surface area contributed by atoms with E-state index >= 15 is 0 Å². The maximum Gasteiger partial charge on any atom is 0.307 e. The molecule has 0 aromatic rings. The number of carbonyl (C=O) groups is 2. The van der Waals surface area contributed by atoms with E-state index in [1.165, 1.54) is 0 Å². The van der Waals surface area contributed by atoms with Crippen molar-refractivity contribution in [1.82, 2.24) is 4.90 Å². The highest BCUT2D eigenvalue weighted by Crippen LogP contribution is 2.32. The number of nitrogens with zero attached hydrogens (tertiary/aromatic N) is 1. The van der Waals surface area contributed by atoms with Crippen LogP contribution in [0.5, 0.6) is 0 Å². The van der Waals surface area contributed by atoms with Crippen molar-refractivity contribution in [3.63, 3.8) is 0 Å². The molecule has 108 valence electrons. The van der Waals surface area contributed by atoms with Crippen LogP contribution in [0.1, 0.15) is 39.5 Å². The molecule has 1 aliphatic carbocycles. The minimum Gasteiger partial charge on any atom is -0.481 e. The lowest BCUT2D eigenvalue weighted by Gasteiger charge is -2.39. The third kappa shape index (κ3) is 3.26. The normalized spacial score (nSPS) is 36.0. The van der Waals surface area contributed by atoms with Crippen molar-refractivity contribution < 1.29 is 19.4 Å². The summed E-state index contributed by atoms with van der Waals surface area (Å²) >= 11 is 0. The van der Waals surface area contributed by atoms with E-state index in [0.29, 0.717) is 25.9 Å². The maximum atomic E-state index is 12.6. The van der Waals surface area contributed by atoms with Crippen LogP contribution < -0.4 is 0 Å². The third-order valence-electron chi connectivity index (χ3n) is 4.13. The van der Waals surface area contributed by atoms with Gasteiger partial charge in [-0.2, -0.15) is 0 Å². The van der Waals surface area contributed by atoms with Crippen LogP contribution in [0.3, 0.4) is 0 Å². The fourth-order valence-corrected chi connectivity index (χ4v) is 3.31. The van der Waals surface area contributed by atoms with Crippen molar-refractivity contribution in [2.45, 2.75) is 51.7 Å². The first-order chi connectivity index (χ1) is 8.99. The molecule has 5 nitrogen and oxygen atoms in total. The number of hydrogen-bond acceptors (Lipinski definition) is 3. The van der Waals surface area contributed by atoms with Gasteiger partial charge in [-0.05, 0) is 26.7 Å². The third-order valence-corrected chi connectivity index (χ3v) is 4.13. The highest BCUT2D eigenvalue weighted by atomic mass is 16.5. The number of rotatable bonds is 2. The SMILES string of the molecule is CC1CN(C(=O)C2CCCCC2C(=O)O)CC(C)O1. The van der Waals surface area contributed by atoms with Gasteiger partial charge in [-0.3, -0.25) is 9.59 Å². The summed E-state index contributed by atoms with van der Waals surface area (Å²) in [5.41, 5.74) is 0. The molecular weight excluding hydrogens is 246 g/mol. The molecule has 0 spiro atoms. The van der Waals surface area contributed by atoms with E-state index in [1.807, 2.05) is 13.8 Å². The van der Waals surface area contributed by atoms with E-state index in [4.69, 9.17) is 4.74 Å². The zero-order valence-electron chi connectivity index (χ0n) is 11.7. The molecule has 1 N–H and O–H groups in total. The monoisotopic (exact) mass is 269 g/mol. The number of carboxylic acids is 1. The van der Waals surface area contributed by atoms with Gasteiger partial charge in [0.2, 0.25) is 5.91 Å². The predicted molar refractivity (Wildman–Crippen MR) is 69.7 cm³/mol. The maximum absolute atomic E-state index is 12.6. The Bertz CT molecular complexity index is 347. The largest absolute Gasteiger partial charge is 0.481 e. The molecule has 5 heteroatoms. The van der Waals surface area contributed by atoms with Crippen LogP contribution in [-0.4, -0.2) is 47.2 Å². The molecular formula is C14H23NO4. The number of carbonyl (C=O) groups excluding carboxylic acids is 1. The second-order valence-electron chi connectivity index (χ2n) is 5.84. The minimum atomic E-state index is -0.826. The van der Waals surface area contributed by atoms with Gasteiger partial charge in [0.15, 0.2) is 0 Å². The number of amides is 1. The molecule has 1 heterocycles. The Morgan fingerprint density at radius 2 is 1.58 bits per heavy atom. The van der Waals surface area contributed by atoms with Gasteiger partial charge in [-0.25, -0.2) is 0 Å². The van der Waals surface area contributed by atoms with Crippen LogP contribution in [0.4, 0.5) is 0 Å². The summed E-state index contributed by atoms with van der Waals surface area (Å²) in [6, 6.07) is 0. The summed E-state index contributed by atoms with van der Waals surface area (Å²) in [4.78, 5) is 25.6. The zero-order chi connectivity index (χ0) is 14.0. The molecule has 19 heavy (non-hydrogen) atoms. The zero-order valence-corrected chi connectivity index (χ0v) is 11.7. The van der Waals surface area contributed by atoms with E-state index in [-0.39, 0.29) is 24.0 Å². The molecule has 2 fully saturated rings. The molecule has 1 saturated carbocycles. The highest BCUT2D eigenvalue weighted by Gasteiger charge is 2.39. The Kier molecular flexibility index (Phi) is 4.45. The Morgan fingerprint density at radius 1 is 1.05 bits per heavy atom. The molecule has 1 saturated heterocycles. The van der Waals surface area contributed by atoms with E-state index in [9.17, 15) is 14.7 Å². The van der Waals surface area contributed by atoms with Crippen molar-refractivity contribution in [3.05, 3.63) is 0 Å². The Morgan fingerprint density at radius 3 is 2.11 bits per heavy atom. The quantitative estimate of drug-likeness (QED) is 0.825. The van der Waals surface area contributed by atoms with Crippen LogP contribution in [-0.2, 0) is 14.3 Å². The molecule has 0 aromatic heterocycles. The van der Waals surface area contributed by atoms with Crippen LogP contribution in [0.25, 0.3) is 0 Å².